The van der Waals surface area contributed by atoms with Gasteiger partial charge in [-0.25, -0.2) is 0 Å². The van der Waals surface area contributed by atoms with Crippen molar-refractivity contribution in [3.63, 3.8) is 0 Å². The average Bonchev–Trinajstić information content (AvgIpc) is 2.78. The number of pyridine rings is 1. The number of hydrogen-bond donors (Lipinski definition) is 2. The Morgan fingerprint density at radius 3 is 2.55 bits per heavy atom. The van der Waals surface area contributed by atoms with Crippen LogP contribution in [0.15, 0.2) is 72.9 Å². The van der Waals surface area contributed by atoms with Crippen LogP contribution >= 0.6 is 0 Å². The lowest BCUT2D eigenvalue weighted by Gasteiger charge is -2.08. The van der Waals surface area contributed by atoms with Gasteiger partial charge in [-0.15, -0.1) is 10.2 Å². The molecular formula is C22H17N5O2. The van der Waals surface area contributed by atoms with Crippen molar-refractivity contribution in [2.75, 3.05) is 12.4 Å². The van der Waals surface area contributed by atoms with E-state index in [1.807, 2.05) is 36.4 Å². The molecule has 0 fully saturated rings. The fourth-order valence-corrected chi connectivity index (χ4v) is 2.91. The van der Waals surface area contributed by atoms with Crippen LogP contribution < -0.4 is 10.6 Å². The number of carbonyl (C=O) groups is 2. The third kappa shape index (κ3) is 3.93. The van der Waals surface area contributed by atoms with Crippen LogP contribution in [0.5, 0.6) is 0 Å². The van der Waals surface area contributed by atoms with Gasteiger partial charge in [0.05, 0.1) is 11.2 Å². The second kappa shape index (κ2) is 7.85. The predicted molar refractivity (Wildman–Crippen MR) is 111 cm³/mol. The lowest BCUT2D eigenvalue weighted by Crippen LogP contribution is -2.19. The van der Waals surface area contributed by atoms with Crippen LogP contribution in [0.1, 0.15) is 20.8 Å². The molecule has 29 heavy (non-hydrogen) atoms. The Balaban J connectivity index is 1.55. The molecule has 4 aromatic rings. The van der Waals surface area contributed by atoms with Gasteiger partial charge in [0.15, 0.2) is 5.69 Å². The number of nitrogens with zero attached hydrogens (tertiary/aromatic N) is 3. The maximum atomic E-state index is 12.7. The highest BCUT2D eigenvalue weighted by atomic mass is 16.2. The number of benzene rings is 2. The molecule has 4 rings (SSSR count). The van der Waals surface area contributed by atoms with Crippen molar-refractivity contribution in [1.29, 1.82) is 0 Å². The topological polar surface area (TPSA) is 96.9 Å². The molecule has 2 aromatic heterocycles. The van der Waals surface area contributed by atoms with Gasteiger partial charge in [0.1, 0.15) is 0 Å². The summed E-state index contributed by atoms with van der Waals surface area (Å²) in [6.45, 7) is 0. The van der Waals surface area contributed by atoms with E-state index in [1.165, 1.54) is 7.05 Å². The summed E-state index contributed by atoms with van der Waals surface area (Å²) in [6, 6.07) is 19.7. The fraction of sp³-hybridized carbons (Fsp3) is 0.0455. The van der Waals surface area contributed by atoms with E-state index in [-0.39, 0.29) is 17.5 Å². The molecule has 0 aliphatic carbocycles. The minimum atomic E-state index is -0.303. The lowest BCUT2D eigenvalue weighted by atomic mass is 10.1. The monoisotopic (exact) mass is 383 g/mol. The summed E-state index contributed by atoms with van der Waals surface area (Å²) < 4.78 is 0. The van der Waals surface area contributed by atoms with Gasteiger partial charge in [0, 0.05) is 35.4 Å². The Morgan fingerprint density at radius 1 is 0.862 bits per heavy atom. The minimum absolute atomic E-state index is 0.231. The quantitative estimate of drug-likeness (QED) is 0.564. The van der Waals surface area contributed by atoms with Gasteiger partial charge in [-0.1, -0.05) is 18.2 Å². The Bertz CT molecular complexity index is 1210. The molecule has 0 bridgehead atoms. The highest BCUT2D eigenvalue weighted by molar-refractivity contribution is 6.05. The smallest absolute Gasteiger partial charge is 0.271 e. The molecule has 2 aromatic carbocycles. The first-order chi connectivity index (χ1) is 14.1. The fourth-order valence-electron chi connectivity index (χ4n) is 2.91. The molecule has 0 unspecified atom stereocenters. The molecule has 7 heteroatoms. The molecule has 0 saturated heterocycles. The summed E-state index contributed by atoms with van der Waals surface area (Å²) in [6.07, 6.45) is 1.73. The van der Waals surface area contributed by atoms with Gasteiger partial charge in [0.2, 0.25) is 0 Å². The van der Waals surface area contributed by atoms with Crippen LogP contribution in [0.2, 0.25) is 0 Å². The Kier molecular flexibility index (Phi) is 4.94. The number of aromatic nitrogens is 3. The second-order valence-electron chi connectivity index (χ2n) is 6.33. The molecule has 0 aliphatic rings. The van der Waals surface area contributed by atoms with Crippen LogP contribution in [0.3, 0.4) is 0 Å². The van der Waals surface area contributed by atoms with E-state index in [1.54, 1.807) is 36.5 Å². The highest BCUT2D eigenvalue weighted by Crippen LogP contribution is 2.20. The van der Waals surface area contributed by atoms with Crippen molar-refractivity contribution >= 4 is 28.4 Å². The van der Waals surface area contributed by atoms with Gasteiger partial charge >= 0.3 is 0 Å². The summed E-state index contributed by atoms with van der Waals surface area (Å²) in [5, 5.41) is 14.4. The molecular weight excluding hydrogens is 366 g/mol. The first-order valence-corrected chi connectivity index (χ1v) is 8.96. The van der Waals surface area contributed by atoms with Gasteiger partial charge in [0.25, 0.3) is 11.8 Å². The zero-order valence-corrected chi connectivity index (χ0v) is 15.6. The summed E-state index contributed by atoms with van der Waals surface area (Å²) in [4.78, 5) is 28.6. The van der Waals surface area contributed by atoms with Crippen molar-refractivity contribution in [2.24, 2.45) is 0 Å². The van der Waals surface area contributed by atoms with Crippen LogP contribution in [-0.2, 0) is 0 Å². The Hall–Kier alpha value is -4.13. The highest BCUT2D eigenvalue weighted by Gasteiger charge is 2.11. The number of hydrogen-bond acceptors (Lipinski definition) is 5. The first-order valence-electron chi connectivity index (χ1n) is 8.96. The average molecular weight is 383 g/mol. The SMILES string of the molecule is CNC(=O)c1ccc(-c2cccc(C(=O)Nc3ccc4ncccc4c3)c2)nn1. The van der Waals surface area contributed by atoms with E-state index in [4.69, 9.17) is 0 Å². The van der Waals surface area contributed by atoms with Crippen LogP contribution in [-0.4, -0.2) is 34.0 Å². The molecule has 2 N–H and O–H groups in total. The third-order valence-corrected chi connectivity index (χ3v) is 4.41. The molecule has 0 saturated carbocycles. The van der Waals surface area contributed by atoms with E-state index >= 15 is 0 Å². The van der Waals surface area contributed by atoms with E-state index in [2.05, 4.69) is 25.8 Å². The van der Waals surface area contributed by atoms with Crippen molar-refractivity contribution in [3.05, 3.63) is 84.2 Å². The lowest BCUT2D eigenvalue weighted by molar-refractivity contribution is 0.0956. The molecule has 2 amide bonds. The molecule has 0 aliphatic heterocycles. The molecule has 0 atom stereocenters. The van der Waals surface area contributed by atoms with Crippen molar-refractivity contribution in [1.82, 2.24) is 20.5 Å². The largest absolute Gasteiger partial charge is 0.354 e. The van der Waals surface area contributed by atoms with Crippen LogP contribution in [0.4, 0.5) is 5.69 Å². The Morgan fingerprint density at radius 2 is 1.76 bits per heavy atom. The third-order valence-electron chi connectivity index (χ3n) is 4.41. The maximum Gasteiger partial charge on any atom is 0.271 e. The number of carbonyl (C=O) groups excluding carboxylic acids is 2. The maximum absolute atomic E-state index is 12.7. The second-order valence-corrected chi connectivity index (χ2v) is 6.33. The van der Waals surface area contributed by atoms with Crippen LogP contribution in [0.25, 0.3) is 22.2 Å². The van der Waals surface area contributed by atoms with E-state index in [9.17, 15) is 9.59 Å². The molecule has 142 valence electrons. The van der Waals surface area contributed by atoms with Gasteiger partial charge in [-0.3, -0.25) is 14.6 Å². The number of anilines is 1. The zero-order valence-electron chi connectivity index (χ0n) is 15.6. The van der Waals surface area contributed by atoms with E-state index < -0.39 is 0 Å². The molecule has 0 radical (unpaired) electrons. The summed E-state index contributed by atoms with van der Waals surface area (Å²) in [5.74, 6) is -0.534. The van der Waals surface area contributed by atoms with Gasteiger partial charge in [-0.2, -0.15) is 0 Å². The van der Waals surface area contributed by atoms with Crippen molar-refractivity contribution < 1.29 is 9.59 Å². The minimum Gasteiger partial charge on any atom is -0.354 e. The molecule has 2 heterocycles. The first kappa shape index (κ1) is 18.2. The zero-order chi connectivity index (χ0) is 20.2. The predicted octanol–water partition coefficient (Wildman–Crippen LogP) is 3.30. The van der Waals surface area contributed by atoms with Crippen LogP contribution in [0, 0.1) is 0 Å². The summed E-state index contributed by atoms with van der Waals surface area (Å²) >= 11 is 0. The summed E-state index contributed by atoms with van der Waals surface area (Å²) in [5.41, 5.74) is 3.59. The summed E-state index contributed by atoms with van der Waals surface area (Å²) in [7, 11) is 1.53. The van der Waals surface area contributed by atoms with Crippen molar-refractivity contribution in [3.8, 4) is 11.3 Å². The standard InChI is InChI=1S/C22H17N5O2/c1-23-22(29)20-10-9-19(26-27-20)14-4-2-5-16(12-14)21(28)25-17-7-8-18-15(13-17)6-3-11-24-18/h2-13H,1H3,(H,23,29)(H,25,28). The van der Waals surface area contributed by atoms with Gasteiger partial charge < -0.3 is 10.6 Å². The Labute approximate surface area is 166 Å². The number of nitrogens with one attached hydrogen (secondary N) is 2. The number of fused-ring (bicyclic) bond motifs is 1. The molecule has 0 spiro atoms. The molecule has 7 nitrogen and oxygen atoms in total. The van der Waals surface area contributed by atoms with E-state index in [0.717, 1.165) is 16.5 Å². The number of rotatable bonds is 4. The van der Waals surface area contributed by atoms with Crippen molar-refractivity contribution in [2.45, 2.75) is 0 Å². The van der Waals surface area contributed by atoms with Gasteiger partial charge in [-0.05, 0) is 48.5 Å². The number of amides is 2. The van der Waals surface area contributed by atoms with E-state index in [0.29, 0.717) is 16.9 Å². The normalized spacial score (nSPS) is 10.5.